The monoisotopic (exact) mass is 484 g/mol. The van der Waals surface area contributed by atoms with Crippen LogP contribution >= 0.6 is 0 Å². The molecule has 0 radical (unpaired) electrons. The number of amides is 1. The predicted octanol–water partition coefficient (Wildman–Crippen LogP) is 5.76. The molecule has 1 amide bonds. The van der Waals surface area contributed by atoms with Gasteiger partial charge in [0, 0.05) is 5.56 Å². The normalized spacial score (nSPS) is 10.7. The number of rotatable bonds is 10. The van der Waals surface area contributed by atoms with Gasteiger partial charge in [-0.25, -0.2) is 9.82 Å². The second-order valence-corrected chi connectivity index (χ2v) is 7.82. The second kappa shape index (κ2) is 12.2. The van der Waals surface area contributed by atoms with Crippen LogP contribution in [-0.4, -0.2) is 19.2 Å². The number of hydrogen-bond acceptors (Lipinski definition) is 5. The lowest BCUT2D eigenvalue weighted by Crippen LogP contribution is -2.17. The van der Waals surface area contributed by atoms with Crippen LogP contribution < -0.4 is 19.6 Å². The molecule has 0 saturated heterocycles. The third-order valence-electron chi connectivity index (χ3n) is 5.24. The molecule has 4 rings (SSSR count). The van der Waals surface area contributed by atoms with Gasteiger partial charge >= 0.3 is 0 Å². The Hall–Kier alpha value is -4.65. The van der Waals surface area contributed by atoms with Gasteiger partial charge in [0.05, 0.1) is 13.3 Å². The Balaban J connectivity index is 1.29. The molecular formula is C29H25FN2O4. The quantitative estimate of drug-likeness (QED) is 0.230. The molecule has 0 aliphatic rings. The van der Waals surface area contributed by atoms with Crippen molar-refractivity contribution < 1.29 is 23.4 Å². The molecule has 36 heavy (non-hydrogen) atoms. The van der Waals surface area contributed by atoms with Crippen molar-refractivity contribution in [2.24, 2.45) is 5.10 Å². The number of hydrazone groups is 1. The van der Waals surface area contributed by atoms with E-state index >= 15 is 0 Å². The summed E-state index contributed by atoms with van der Waals surface area (Å²) in [5.41, 5.74) is 5.59. The first-order valence-electron chi connectivity index (χ1n) is 11.3. The highest BCUT2D eigenvalue weighted by Gasteiger charge is 2.11. The number of carbonyl (C=O) groups is 1. The second-order valence-electron chi connectivity index (χ2n) is 7.82. The molecule has 182 valence electrons. The average Bonchev–Trinajstić information content (AvgIpc) is 2.92. The number of hydrogen-bond donors (Lipinski definition) is 1. The molecule has 0 aromatic heterocycles. The van der Waals surface area contributed by atoms with Crippen molar-refractivity contribution in [3.05, 3.63) is 125 Å². The molecular weight excluding hydrogens is 459 g/mol. The van der Waals surface area contributed by atoms with Crippen LogP contribution in [0.5, 0.6) is 17.2 Å². The summed E-state index contributed by atoms with van der Waals surface area (Å²) in [6.07, 6.45) is 1.54. The third-order valence-corrected chi connectivity index (χ3v) is 5.24. The highest BCUT2D eigenvalue weighted by molar-refractivity contribution is 5.95. The van der Waals surface area contributed by atoms with Crippen molar-refractivity contribution >= 4 is 12.1 Å². The molecule has 0 fully saturated rings. The van der Waals surface area contributed by atoms with Crippen molar-refractivity contribution in [1.82, 2.24) is 5.43 Å². The number of methoxy groups -OCH3 is 1. The maximum absolute atomic E-state index is 13.0. The molecule has 0 saturated carbocycles. The van der Waals surface area contributed by atoms with Crippen LogP contribution in [0.25, 0.3) is 0 Å². The van der Waals surface area contributed by atoms with E-state index in [9.17, 15) is 9.18 Å². The van der Waals surface area contributed by atoms with E-state index in [0.29, 0.717) is 36.0 Å². The summed E-state index contributed by atoms with van der Waals surface area (Å²) in [5, 5.41) is 4.03. The fraction of sp³-hybridized carbons (Fsp3) is 0.103. The molecule has 0 aliphatic carbocycles. The fourth-order valence-electron chi connectivity index (χ4n) is 3.29. The summed E-state index contributed by atoms with van der Waals surface area (Å²) >= 11 is 0. The van der Waals surface area contributed by atoms with Gasteiger partial charge in [-0.1, -0.05) is 42.5 Å². The summed E-state index contributed by atoms with van der Waals surface area (Å²) in [4.78, 5) is 12.5. The van der Waals surface area contributed by atoms with Crippen LogP contribution in [0.2, 0.25) is 0 Å². The predicted molar refractivity (Wildman–Crippen MR) is 136 cm³/mol. The molecule has 0 bridgehead atoms. The van der Waals surface area contributed by atoms with Gasteiger partial charge < -0.3 is 14.2 Å². The number of carbonyl (C=O) groups excluding carboxylic acids is 1. The molecule has 7 heteroatoms. The van der Waals surface area contributed by atoms with Gasteiger partial charge in [0.2, 0.25) is 0 Å². The zero-order valence-corrected chi connectivity index (χ0v) is 19.7. The lowest BCUT2D eigenvalue weighted by molar-refractivity contribution is 0.0954. The smallest absolute Gasteiger partial charge is 0.271 e. The van der Waals surface area contributed by atoms with Crippen molar-refractivity contribution in [2.75, 3.05) is 7.11 Å². The van der Waals surface area contributed by atoms with Gasteiger partial charge in [0.25, 0.3) is 5.91 Å². The molecule has 0 aliphatic heterocycles. The first kappa shape index (κ1) is 24.5. The molecule has 4 aromatic rings. The lowest BCUT2D eigenvalue weighted by Gasteiger charge is -2.12. The Kier molecular flexibility index (Phi) is 8.27. The SMILES string of the molecule is COc1cc(C(=O)N/N=C/c2ccc(OCc3ccc(F)cc3)cc2)ccc1OCc1ccccc1. The highest BCUT2D eigenvalue weighted by atomic mass is 19.1. The number of ether oxygens (including phenoxy) is 3. The zero-order chi connectivity index (χ0) is 25.2. The minimum atomic E-state index is -0.376. The van der Waals surface area contributed by atoms with E-state index in [4.69, 9.17) is 14.2 Å². The van der Waals surface area contributed by atoms with E-state index in [-0.39, 0.29) is 11.7 Å². The summed E-state index contributed by atoms with van der Waals surface area (Å²) in [7, 11) is 1.53. The van der Waals surface area contributed by atoms with Crippen molar-refractivity contribution in [3.63, 3.8) is 0 Å². The molecule has 0 atom stereocenters. The fourth-order valence-corrected chi connectivity index (χ4v) is 3.29. The minimum absolute atomic E-state index is 0.279. The lowest BCUT2D eigenvalue weighted by atomic mass is 10.2. The molecule has 0 unspecified atom stereocenters. The standard InChI is InChI=1S/C29H25FN2O4/c1-34-28-17-24(11-16-27(28)36-20-22-5-3-2-4-6-22)29(33)32-31-18-21-9-14-26(15-10-21)35-19-23-7-12-25(30)13-8-23/h2-18H,19-20H2,1H3,(H,32,33)/b31-18+. The Bertz CT molecular complexity index is 1310. The Morgan fingerprint density at radius 3 is 2.25 bits per heavy atom. The molecule has 6 nitrogen and oxygen atoms in total. The zero-order valence-electron chi connectivity index (χ0n) is 19.7. The van der Waals surface area contributed by atoms with Crippen molar-refractivity contribution in [2.45, 2.75) is 13.2 Å². The number of nitrogens with one attached hydrogen (secondary N) is 1. The first-order valence-corrected chi connectivity index (χ1v) is 11.3. The van der Waals surface area contributed by atoms with E-state index in [1.165, 1.54) is 25.5 Å². The van der Waals surface area contributed by atoms with Gasteiger partial charge in [0.15, 0.2) is 11.5 Å². The summed E-state index contributed by atoms with van der Waals surface area (Å²) in [6.45, 7) is 0.729. The first-order chi connectivity index (χ1) is 17.6. The van der Waals surface area contributed by atoms with Gasteiger partial charge in [-0.3, -0.25) is 4.79 Å². The number of nitrogens with zero attached hydrogens (tertiary/aromatic N) is 1. The maximum atomic E-state index is 13.0. The van der Waals surface area contributed by atoms with Crippen molar-refractivity contribution in [1.29, 1.82) is 0 Å². The van der Waals surface area contributed by atoms with Crippen molar-refractivity contribution in [3.8, 4) is 17.2 Å². The van der Waals surface area contributed by atoms with Gasteiger partial charge in [0.1, 0.15) is 24.8 Å². The molecule has 4 aromatic carbocycles. The van der Waals surface area contributed by atoms with Gasteiger partial charge in [-0.05, 0) is 71.3 Å². The Morgan fingerprint density at radius 1 is 0.833 bits per heavy atom. The van der Waals surface area contributed by atoms with E-state index in [0.717, 1.165) is 16.7 Å². The van der Waals surface area contributed by atoms with Crippen LogP contribution in [0.15, 0.2) is 102 Å². The van der Waals surface area contributed by atoms with E-state index in [2.05, 4.69) is 10.5 Å². The van der Waals surface area contributed by atoms with E-state index in [1.54, 1.807) is 42.5 Å². The Morgan fingerprint density at radius 2 is 1.53 bits per heavy atom. The summed E-state index contributed by atoms with van der Waals surface area (Å²) in [5.74, 6) is 1.01. The maximum Gasteiger partial charge on any atom is 0.271 e. The van der Waals surface area contributed by atoms with Gasteiger partial charge in [-0.15, -0.1) is 0 Å². The average molecular weight is 485 g/mol. The minimum Gasteiger partial charge on any atom is -0.493 e. The molecule has 0 spiro atoms. The van der Waals surface area contributed by atoms with Crippen LogP contribution in [0.4, 0.5) is 4.39 Å². The van der Waals surface area contributed by atoms with Crippen LogP contribution in [-0.2, 0) is 13.2 Å². The number of benzene rings is 4. The largest absolute Gasteiger partial charge is 0.493 e. The summed E-state index contributed by atoms with van der Waals surface area (Å²) in [6, 6.07) is 28.1. The van der Waals surface area contributed by atoms with E-state index in [1.807, 2.05) is 42.5 Å². The topological polar surface area (TPSA) is 69.2 Å². The van der Waals surface area contributed by atoms with Crippen LogP contribution in [0, 0.1) is 5.82 Å². The van der Waals surface area contributed by atoms with Crippen LogP contribution in [0.3, 0.4) is 0 Å². The van der Waals surface area contributed by atoms with Gasteiger partial charge in [-0.2, -0.15) is 5.10 Å². The molecule has 0 heterocycles. The number of halogens is 1. The Labute approximate surface area is 209 Å². The third kappa shape index (κ3) is 6.93. The highest BCUT2D eigenvalue weighted by Crippen LogP contribution is 2.29. The molecule has 1 N–H and O–H groups in total. The van der Waals surface area contributed by atoms with Crippen LogP contribution in [0.1, 0.15) is 27.0 Å². The van der Waals surface area contributed by atoms with E-state index < -0.39 is 0 Å². The summed E-state index contributed by atoms with van der Waals surface area (Å²) < 4.78 is 29.9.